The smallest absolute Gasteiger partial charge is 0.238 e. The number of sulfonamides is 1. The van der Waals surface area contributed by atoms with Crippen molar-refractivity contribution in [2.75, 3.05) is 12.4 Å². The van der Waals surface area contributed by atoms with Gasteiger partial charge in [0.15, 0.2) is 0 Å². The Bertz CT molecular complexity index is 725. The lowest BCUT2D eigenvalue weighted by Crippen LogP contribution is -2.12. The average Bonchev–Trinajstić information content (AvgIpc) is 2.45. The topological polar surface area (TPSA) is 81.4 Å². The highest BCUT2D eigenvalue weighted by Crippen LogP contribution is 2.27. The van der Waals surface area contributed by atoms with Crippen LogP contribution in [0.1, 0.15) is 11.1 Å². The van der Waals surface area contributed by atoms with Gasteiger partial charge in [-0.15, -0.1) is 0 Å². The number of hydrogen-bond acceptors (Lipinski definition) is 4. The molecule has 0 amide bonds. The van der Waals surface area contributed by atoms with Gasteiger partial charge in [-0.3, -0.25) is 0 Å². The number of rotatable bonds is 5. The van der Waals surface area contributed by atoms with Gasteiger partial charge in [-0.05, 0) is 30.7 Å². The van der Waals surface area contributed by atoms with E-state index >= 15 is 0 Å². The number of aryl methyl sites for hydroxylation is 1. The fourth-order valence-electron chi connectivity index (χ4n) is 1.91. The first-order valence-electron chi connectivity index (χ1n) is 6.40. The van der Waals surface area contributed by atoms with Gasteiger partial charge in [0.05, 0.1) is 17.7 Å². The van der Waals surface area contributed by atoms with Gasteiger partial charge < -0.3 is 10.1 Å². The van der Waals surface area contributed by atoms with Gasteiger partial charge in [0, 0.05) is 6.54 Å². The normalized spacial score (nSPS) is 11.2. The lowest BCUT2D eigenvalue weighted by atomic mass is 10.1. The van der Waals surface area contributed by atoms with Crippen molar-refractivity contribution in [3.8, 4) is 5.75 Å². The van der Waals surface area contributed by atoms with Crippen LogP contribution < -0.4 is 15.2 Å². The SMILES string of the molecule is COc1ccc(S(N)(=O)=O)cc1NCc1ccc(C)cc1. The van der Waals surface area contributed by atoms with Crippen LogP contribution in [0.3, 0.4) is 0 Å². The van der Waals surface area contributed by atoms with Crippen LogP contribution in [-0.2, 0) is 16.6 Å². The van der Waals surface area contributed by atoms with Gasteiger partial charge in [0.1, 0.15) is 5.75 Å². The van der Waals surface area contributed by atoms with E-state index in [1.165, 1.54) is 24.8 Å². The average molecular weight is 306 g/mol. The summed E-state index contributed by atoms with van der Waals surface area (Å²) < 4.78 is 28.0. The number of primary sulfonamides is 1. The lowest BCUT2D eigenvalue weighted by molar-refractivity contribution is 0.416. The Morgan fingerprint density at radius 3 is 2.38 bits per heavy atom. The molecule has 0 atom stereocenters. The third-order valence-electron chi connectivity index (χ3n) is 3.10. The van der Waals surface area contributed by atoms with Gasteiger partial charge >= 0.3 is 0 Å². The maximum Gasteiger partial charge on any atom is 0.238 e. The Labute approximate surface area is 124 Å². The number of methoxy groups -OCH3 is 1. The first kappa shape index (κ1) is 15.3. The minimum absolute atomic E-state index is 0.0507. The summed E-state index contributed by atoms with van der Waals surface area (Å²) in [5.74, 6) is 0.564. The van der Waals surface area contributed by atoms with Crippen molar-refractivity contribution in [2.24, 2.45) is 5.14 Å². The number of benzene rings is 2. The van der Waals surface area contributed by atoms with Crippen LogP contribution in [0.4, 0.5) is 5.69 Å². The lowest BCUT2D eigenvalue weighted by Gasteiger charge is -2.12. The standard InChI is InChI=1S/C15H18N2O3S/c1-11-3-5-12(6-4-11)10-17-14-9-13(21(16,18)19)7-8-15(14)20-2/h3-9,17H,10H2,1-2H3,(H2,16,18,19). The van der Waals surface area contributed by atoms with Gasteiger partial charge in [-0.1, -0.05) is 29.8 Å². The molecular weight excluding hydrogens is 288 g/mol. The molecule has 2 aromatic rings. The van der Waals surface area contributed by atoms with Crippen molar-refractivity contribution in [1.29, 1.82) is 0 Å². The van der Waals surface area contributed by atoms with Gasteiger partial charge in [-0.2, -0.15) is 0 Å². The van der Waals surface area contributed by atoms with E-state index in [1.54, 1.807) is 6.07 Å². The molecule has 0 bridgehead atoms. The van der Waals surface area contributed by atoms with E-state index in [0.717, 1.165) is 5.56 Å². The molecule has 0 aliphatic heterocycles. The van der Waals surface area contributed by atoms with Gasteiger partial charge in [0.2, 0.25) is 10.0 Å². The zero-order valence-electron chi connectivity index (χ0n) is 12.0. The highest BCUT2D eigenvalue weighted by molar-refractivity contribution is 7.89. The van der Waals surface area contributed by atoms with Crippen LogP contribution in [0.5, 0.6) is 5.75 Å². The first-order chi connectivity index (χ1) is 9.90. The molecule has 0 aliphatic rings. The molecule has 5 nitrogen and oxygen atoms in total. The molecule has 0 unspecified atom stereocenters. The van der Waals surface area contributed by atoms with E-state index in [4.69, 9.17) is 9.88 Å². The maximum atomic E-state index is 11.4. The van der Waals surface area contributed by atoms with Crippen molar-refractivity contribution >= 4 is 15.7 Å². The molecule has 6 heteroatoms. The van der Waals surface area contributed by atoms with Gasteiger partial charge in [0.25, 0.3) is 0 Å². The summed E-state index contributed by atoms with van der Waals surface area (Å²) in [5.41, 5.74) is 2.86. The third-order valence-corrected chi connectivity index (χ3v) is 4.01. The molecule has 2 rings (SSSR count). The molecule has 0 saturated carbocycles. The third kappa shape index (κ3) is 3.96. The van der Waals surface area contributed by atoms with E-state index in [9.17, 15) is 8.42 Å². The number of ether oxygens (including phenoxy) is 1. The summed E-state index contributed by atoms with van der Waals surface area (Å²) in [5, 5.41) is 8.31. The molecule has 112 valence electrons. The predicted molar refractivity (Wildman–Crippen MR) is 82.9 cm³/mol. The van der Waals surface area contributed by atoms with Crippen molar-refractivity contribution in [2.45, 2.75) is 18.4 Å². The highest BCUT2D eigenvalue weighted by atomic mass is 32.2. The van der Waals surface area contributed by atoms with E-state index in [2.05, 4.69) is 5.32 Å². The molecular formula is C15H18N2O3S. The second-order valence-corrected chi connectivity index (χ2v) is 6.31. The summed E-state index contributed by atoms with van der Waals surface area (Å²) in [6, 6.07) is 12.5. The Balaban J connectivity index is 2.23. The number of nitrogens with two attached hydrogens (primary N) is 1. The Kier molecular flexibility index (Phi) is 4.50. The van der Waals surface area contributed by atoms with E-state index in [0.29, 0.717) is 18.0 Å². The fraction of sp³-hybridized carbons (Fsp3) is 0.200. The number of hydrogen-bond donors (Lipinski definition) is 2. The van der Waals surface area contributed by atoms with Crippen molar-refractivity contribution < 1.29 is 13.2 Å². The minimum Gasteiger partial charge on any atom is -0.495 e. The molecule has 0 radical (unpaired) electrons. The van der Waals surface area contributed by atoms with Crippen molar-refractivity contribution in [3.05, 3.63) is 53.6 Å². The zero-order valence-corrected chi connectivity index (χ0v) is 12.8. The summed E-state index contributed by atoms with van der Waals surface area (Å²) in [6.07, 6.45) is 0. The Morgan fingerprint density at radius 1 is 1.14 bits per heavy atom. The molecule has 0 heterocycles. The Morgan fingerprint density at radius 2 is 1.81 bits per heavy atom. The summed E-state index contributed by atoms with van der Waals surface area (Å²) in [7, 11) is -2.20. The van der Waals surface area contributed by atoms with Crippen LogP contribution in [0, 0.1) is 6.92 Å². The molecule has 2 aromatic carbocycles. The largest absolute Gasteiger partial charge is 0.495 e. The molecule has 0 saturated heterocycles. The molecule has 0 fully saturated rings. The maximum absolute atomic E-state index is 11.4. The Hall–Kier alpha value is -2.05. The van der Waals surface area contributed by atoms with Crippen molar-refractivity contribution in [1.82, 2.24) is 0 Å². The molecule has 0 aliphatic carbocycles. The highest BCUT2D eigenvalue weighted by Gasteiger charge is 2.11. The van der Waals surface area contributed by atoms with Crippen LogP contribution in [0.2, 0.25) is 0 Å². The number of nitrogens with one attached hydrogen (secondary N) is 1. The fourth-order valence-corrected chi connectivity index (χ4v) is 2.45. The second kappa shape index (κ2) is 6.15. The monoisotopic (exact) mass is 306 g/mol. The van der Waals surface area contributed by atoms with E-state index in [-0.39, 0.29) is 4.90 Å². The van der Waals surface area contributed by atoms with Crippen LogP contribution >= 0.6 is 0 Å². The van der Waals surface area contributed by atoms with Crippen LogP contribution in [0.25, 0.3) is 0 Å². The minimum atomic E-state index is -3.73. The summed E-state index contributed by atoms with van der Waals surface area (Å²) in [6.45, 7) is 2.58. The van der Waals surface area contributed by atoms with E-state index in [1.807, 2.05) is 31.2 Å². The van der Waals surface area contributed by atoms with Gasteiger partial charge in [-0.25, -0.2) is 13.6 Å². The van der Waals surface area contributed by atoms with Crippen LogP contribution in [-0.4, -0.2) is 15.5 Å². The molecule has 0 aromatic heterocycles. The first-order valence-corrected chi connectivity index (χ1v) is 7.95. The summed E-state index contributed by atoms with van der Waals surface area (Å²) in [4.78, 5) is 0.0507. The quantitative estimate of drug-likeness (QED) is 0.888. The van der Waals surface area contributed by atoms with Crippen LogP contribution in [0.15, 0.2) is 47.4 Å². The second-order valence-electron chi connectivity index (χ2n) is 4.75. The predicted octanol–water partition coefficient (Wildman–Crippen LogP) is 2.26. The van der Waals surface area contributed by atoms with Crippen molar-refractivity contribution in [3.63, 3.8) is 0 Å². The van der Waals surface area contributed by atoms with E-state index < -0.39 is 10.0 Å². The molecule has 0 spiro atoms. The number of anilines is 1. The molecule has 21 heavy (non-hydrogen) atoms. The summed E-state index contributed by atoms with van der Waals surface area (Å²) >= 11 is 0. The zero-order chi connectivity index (χ0) is 15.5. The molecule has 3 N–H and O–H groups in total.